The maximum Gasteiger partial charge on any atom is 0.337 e. The first kappa shape index (κ1) is 17.0. The Morgan fingerprint density at radius 3 is 2.50 bits per heavy atom. The quantitative estimate of drug-likeness (QED) is 0.645. The number of nitrogen functional groups attached to an aromatic ring is 1. The standard InChI is InChI=1S/C16H23N3O4S/c1-23-16(20)12-3-4-15(14(17)11-12)18-8-5-13(6-9-18)19-7-2-10-24(19,21)22/h3-4,11,13H,2,5-10,17H2,1H3. The maximum absolute atomic E-state index is 12.0. The van der Waals surface area contributed by atoms with Crippen molar-refractivity contribution in [2.75, 3.05) is 43.1 Å². The second-order valence-electron chi connectivity index (χ2n) is 6.26. The minimum absolute atomic E-state index is 0.0873. The average molecular weight is 353 g/mol. The third-order valence-corrected chi connectivity index (χ3v) is 6.80. The summed E-state index contributed by atoms with van der Waals surface area (Å²) in [5, 5.41) is 0. The van der Waals surface area contributed by atoms with Crippen LogP contribution in [0.5, 0.6) is 0 Å². The van der Waals surface area contributed by atoms with Gasteiger partial charge in [-0.1, -0.05) is 0 Å². The Morgan fingerprint density at radius 2 is 1.96 bits per heavy atom. The fourth-order valence-electron chi connectivity index (χ4n) is 3.55. The number of anilines is 2. The number of sulfonamides is 1. The molecule has 0 aliphatic carbocycles. The second-order valence-corrected chi connectivity index (χ2v) is 8.30. The van der Waals surface area contributed by atoms with Crippen molar-refractivity contribution in [3.63, 3.8) is 0 Å². The summed E-state index contributed by atoms with van der Waals surface area (Å²) < 4.78 is 30.5. The number of carbonyl (C=O) groups excluding carboxylic acids is 1. The zero-order valence-corrected chi connectivity index (χ0v) is 14.6. The number of hydrogen-bond acceptors (Lipinski definition) is 6. The van der Waals surface area contributed by atoms with E-state index in [2.05, 4.69) is 4.90 Å². The van der Waals surface area contributed by atoms with E-state index in [-0.39, 0.29) is 11.8 Å². The first-order valence-corrected chi connectivity index (χ1v) is 9.75. The highest BCUT2D eigenvalue weighted by Crippen LogP contribution is 2.30. The van der Waals surface area contributed by atoms with Gasteiger partial charge >= 0.3 is 5.97 Å². The molecule has 0 aromatic heterocycles. The van der Waals surface area contributed by atoms with Crippen molar-refractivity contribution < 1.29 is 17.9 Å². The lowest BCUT2D eigenvalue weighted by atomic mass is 10.0. The van der Waals surface area contributed by atoms with Crippen LogP contribution in [-0.2, 0) is 14.8 Å². The molecule has 7 nitrogen and oxygen atoms in total. The van der Waals surface area contributed by atoms with E-state index in [1.165, 1.54) is 7.11 Å². The van der Waals surface area contributed by atoms with Crippen molar-refractivity contribution in [2.24, 2.45) is 0 Å². The Labute approximate surface area is 142 Å². The van der Waals surface area contributed by atoms with Gasteiger partial charge in [0.25, 0.3) is 0 Å². The maximum atomic E-state index is 12.0. The van der Waals surface area contributed by atoms with Crippen LogP contribution in [-0.4, -0.2) is 57.2 Å². The fourth-order valence-corrected chi connectivity index (χ4v) is 5.35. The number of methoxy groups -OCH3 is 1. The van der Waals surface area contributed by atoms with E-state index in [1.54, 1.807) is 16.4 Å². The Balaban J connectivity index is 1.68. The molecule has 2 aliphatic heterocycles. The molecule has 2 fully saturated rings. The normalized spacial score (nSPS) is 21.8. The van der Waals surface area contributed by atoms with Gasteiger partial charge in [0, 0.05) is 25.7 Å². The second kappa shape index (κ2) is 6.60. The van der Waals surface area contributed by atoms with Gasteiger partial charge < -0.3 is 15.4 Å². The van der Waals surface area contributed by atoms with Gasteiger partial charge in [0.05, 0.1) is 29.8 Å². The monoisotopic (exact) mass is 353 g/mol. The summed E-state index contributed by atoms with van der Waals surface area (Å²) in [4.78, 5) is 13.7. The van der Waals surface area contributed by atoms with Crippen molar-refractivity contribution in [3.8, 4) is 0 Å². The summed E-state index contributed by atoms with van der Waals surface area (Å²) >= 11 is 0. The highest BCUT2D eigenvalue weighted by atomic mass is 32.2. The first-order chi connectivity index (χ1) is 11.4. The molecule has 24 heavy (non-hydrogen) atoms. The molecule has 3 rings (SSSR count). The van der Waals surface area contributed by atoms with E-state index in [9.17, 15) is 13.2 Å². The zero-order chi connectivity index (χ0) is 17.3. The van der Waals surface area contributed by atoms with Gasteiger partial charge in [0.15, 0.2) is 0 Å². The molecule has 132 valence electrons. The van der Waals surface area contributed by atoms with E-state index >= 15 is 0 Å². The van der Waals surface area contributed by atoms with Crippen LogP contribution < -0.4 is 10.6 Å². The highest BCUT2D eigenvalue weighted by Gasteiger charge is 2.36. The Kier molecular flexibility index (Phi) is 4.69. The largest absolute Gasteiger partial charge is 0.465 e. The van der Waals surface area contributed by atoms with Crippen LogP contribution in [0.1, 0.15) is 29.6 Å². The molecule has 0 saturated carbocycles. The summed E-state index contributed by atoms with van der Waals surface area (Å²) in [6.07, 6.45) is 2.30. The molecule has 0 radical (unpaired) electrons. The number of hydrogen-bond donors (Lipinski definition) is 1. The SMILES string of the molecule is COC(=O)c1ccc(N2CCC(N3CCCS3(=O)=O)CC2)c(N)c1. The number of benzene rings is 1. The van der Waals surface area contributed by atoms with E-state index in [1.807, 2.05) is 6.07 Å². The van der Waals surface area contributed by atoms with Crippen LogP contribution in [0.15, 0.2) is 18.2 Å². The van der Waals surface area contributed by atoms with Crippen molar-refractivity contribution in [1.82, 2.24) is 4.31 Å². The molecule has 0 bridgehead atoms. The lowest BCUT2D eigenvalue weighted by Gasteiger charge is -2.37. The third kappa shape index (κ3) is 3.21. The molecule has 2 heterocycles. The van der Waals surface area contributed by atoms with Crippen LogP contribution in [0, 0.1) is 0 Å². The first-order valence-electron chi connectivity index (χ1n) is 8.14. The molecule has 0 spiro atoms. The molecular formula is C16H23N3O4S. The predicted molar refractivity (Wildman–Crippen MR) is 92.5 cm³/mol. The van der Waals surface area contributed by atoms with Crippen molar-refractivity contribution in [2.45, 2.75) is 25.3 Å². The Morgan fingerprint density at radius 1 is 1.25 bits per heavy atom. The van der Waals surface area contributed by atoms with E-state index in [4.69, 9.17) is 10.5 Å². The number of piperidine rings is 1. The number of nitrogens with zero attached hydrogens (tertiary/aromatic N) is 2. The predicted octanol–water partition coefficient (Wildman–Crippen LogP) is 1.06. The van der Waals surface area contributed by atoms with Crippen LogP contribution >= 0.6 is 0 Å². The van der Waals surface area contributed by atoms with Crippen LogP contribution in [0.25, 0.3) is 0 Å². The minimum Gasteiger partial charge on any atom is -0.465 e. The van der Waals surface area contributed by atoms with Gasteiger partial charge in [-0.05, 0) is 37.5 Å². The van der Waals surface area contributed by atoms with Gasteiger partial charge in [-0.3, -0.25) is 0 Å². The molecule has 0 atom stereocenters. The van der Waals surface area contributed by atoms with E-state index in [0.29, 0.717) is 17.8 Å². The Hall–Kier alpha value is -1.80. The van der Waals surface area contributed by atoms with Crippen molar-refractivity contribution in [3.05, 3.63) is 23.8 Å². The van der Waals surface area contributed by atoms with Crippen LogP contribution in [0.2, 0.25) is 0 Å². The lowest BCUT2D eigenvalue weighted by molar-refractivity contribution is 0.0601. The molecule has 2 saturated heterocycles. The number of esters is 1. The van der Waals surface area contributed by atoms with Crippen LogP contribution in [0.4, 0.5) is 11.4 Å². The summed E-state index contributed by atoms with van der Waals surface area (Å²) in [5.41, 5.74) is 7.93. The molecule has 8 heteroatoms. The molecular weight excluding hydrogens is 330 g/mol. The lowest BCUT2D eigenvalue weighted by Crippen LogP contribution is -2.45. The molecule has 2 N–H and O–H groups in total. The van der Waals surface area contributed by atoms with Gasteiger partial charge in [0.2, 0.25) is 10.0 Å². The van der Waals surface area contributed by atoms with E-state index < -0.39 is 16.0 Å². The molecule has 0 amide bonds. The molecule has 0 unspecified atom stereocenters. The van der Waals surface area contributed by atoms with Gasteiger partial charge in [-0.2, -0.15) is 4.31 Å². The fraction of sp³-hybridized carbons (Fsp3) is 0.562. The van der Waals surface area contributed by atoms with Gasteiger partial charge in [-0.25, -0.2) is 13.2 Å². The van der Waals surface area contributed by atoms with Crippen LogP contribution in [0.3, 0.4) is 0 Å². The number of carbonyl (C=O) groups is 1. The summed E-state index contributed by atoms with van der Waals surface area (Å²) in [7, 11) is -1.72. The van der Waals surface area contributed by atoms with Gasteiger partial charge in [0.1, 0.15) is 0 Å². The van der Waals surface area contributed by atoms with Crippen molar-refractivity contribution in [1.29, 1.82) is 0 Å². The third-order valence-electron chi connectivity index (χ3n) is 4.80. The zero-order valence-electron chi connectivity index (χ0n) is 13.8. The number of ether oxygens (including phenoxy) is 1. The molecule has 1 aromatic rings. The van der Waals surface area contributed by atoms with Crippen molar-refractivity contribution >= 4 is 27.4 Å². The summed E-state index contributed by atoms with van der Waals surface area (Å²) in [6, 6.07) is 5.24. The smallest absolute Gasteiger partial charge is 0.337 e. The highest BCUT2D eigenvalue weighted by molar-refractivity contribution is 7.89. The summed E-state index contributed by atoms with van der Waals surface area (Å²) in [6.45, 7) is 2.14. The van der Waals surface area contributed by atoms with E-state index in [0.717, 1.165) is 38.0 Å². The van der Waals surface area contributed by atoms with Gasteiger partial charge in [-0.15, -0.1) is 0 Å². The topological polar surface area (TPSA) is 92.9 Å². The number of nitrogens with two attached hydrogens (primary N) is 1. The molecule has 2 aliphatic rings. The Bertz CT molecular complexity index is 727. The average Bonchev–Trinajstić information content (AvgIpc) is 2.93. The summed E-state index contributed by atoms with van der Waals surface area (Å²) in [5.74, 6) is -0.138. The minimum atomic E-state index is -3.06. The number of rotatable bonds is 3. The molecule has 1 aromatic carbocycles.